The van der Waals surface area contributed by atoms with Gasteiger partial charge >= 0.3 is 0 Å². The molecule has 0 bridgehead atoms. The molecule has 2 aromatic rings. The van der Waals surface area contributed by atoms with E-state index < -0.39 is 0 Å². The Morgan fingerprint density at radius 1 is 1.45 bits per heavy atom. The topological polar surface area (TPSA) is 37.8 Å². The number of halogens is 1. The van der Waals surface area contributed by atoms with E-state index in [-0.39, 0.29) is 0 Å². The van der Waals surface area contributed by atoms with Gasteiger partial charge in [0.05, 0.1) is 10.7 Å². The maximum absolute atomic E-state index is 6.22. The highest BCUT2D eigenvalue weighted by Crippen LogP contribution is 2.32. The molecule has 20 heavy (non-hydrogen) atoms. The van der Waals surface area contributed by atoms with E-state index in [1.54, 1.807) is 17.5 Å². The van der Waals surface area contributed by atoms with Crippen LogP contribution in [0, 0.1) is 0 Å². The van der Waals surface area contributed by atoms with E-state index in [4.69, 9.17) is 16.6 Å². The fourth-order valence-corrected chi connectivity index (χ4v) is 3.46. The Balaban J connectivity index is 1.87. The molecule has 106 valence electrons. The van der Waals surface area contributed by atoms with Crippen molar-refractivity contribution in [3.63, 3.8) is 0 Å². The molecule has 1 N–H and O–H groups in total. The van der Waals surface area contributed by atoms with Gasteiger partial charge in [0.25, 0.3) is 0 Å². The zero-order valence-electron chi connectivity index (χ0n) is 11.5. The van der Waals surface area contributed by atoms with Crippen molar-refractivity contribution in [2.75, 3.05) is 0 Å². The van der Waals surface area contributed by atoms with Gasteiger partial charge in [-0.3, -0.25) is 4.98 Å². The third-order valence-electron chi connectivity index (χ3n) is 3.35. The first kappa shape index (κ1) is 14.0. The van der Waals surface area contributed by atoms with Gasteiger partial charge in [-0.2, -0.15) is 0 Å². The average molecular weight is 308 g/mol. The second-order valence-electron chi connectivity index (χ2n) is 5.13. The molecule has 0 radical (unpaired) electrons. The number of aromatic nitrogens is 2. The third-order valence-corrected chi connectivity index (χ3v) is 4.76. The summed E-state index contributed by atoms with van der Waals surface area (Å²) < 4.78 is 0. The van der Waals surface area contributed by atoms with Gasteiger partial charge in [-0.05, 0) is 31.4 Å². The molecule has 5 heteroatoms. The highest BCUT2D eigenvalue weighted by molar-refractivity contribution is 7.15. The van der Waals surface area contributed by atoms with E-state index in [0.29, 0.717) is 11.1 Å². The Kier molecular flexibility index (Phi) is 4.34. The maximum Gasteiger partial charge on any atom is 0.143 e. The molecule has 0 aliphatic heterocycles. The van der Waals surface area contributed by atoms with E-state index in [1.807, 2.05) is 12.1 Å². The fourth-order valence-electron chi connectivity index (χ4n) is 2.12. The van der Waals surface area contributed by atoms with E-state index >= 15 is 0 Å². The van der Waals surface area contributed by atoms with Gasteiger partial charge in [0, 0.05) is 23.7 Å². The number of nitrogens with one attached hydrogen (secondary N) is 1. The Bertz CT molecular complexity index is 593. The first-order valence-electron chi connectivity index (χ1n) is 7.10. The molecule has 2 heterocycles. The highest BCUT2D eigenvalue weighted by atomic mass is 35.5. The summed E-state index contributed by atoms with van der Waals surface area (Å²) in [7, 11) is 0. The number of thiazole rings is 1. The lowest BCUT2D eigenvalue weighted by Gasteiger charge is -2.01. The predicted molar refractivity (Wildman–Crippen MR) is 84.2 cm³/mol. The van der Waals surface area contributed by atoms with Crippen molar-refractivity contribution in [3.05, 3.63) is 33.9 Å². The van der Waals surface area contributed by atoms with Crippen molar-refractivity contribution in [1.82, 2.24) is 15.3 Å². The largest absolute Gasteiger partial charge is 0.309 e. The minimum atomic E-state index is 0.672. The van der Waals surface area contributed by atoms with Crippen LogP contribution in [0.3, 0.4) is 0 Å². The number of rotatable bonds is 6. The number of nitrogens with zero attached hydrogens (tertiary/aromatic N) is 2. The molecular weight excluding hydrogens is 290 g/mol. The standard InChI is InChI=1S/C15H18ClN3S/c1-2-4-12-13(9-18-10-6-7-10)20-15(19-12)14-11(16)5-3-8-17-14/h3,5,8,10,18H,2,4,6-7,9H2,1H3. The van der Waals surface area contributed by atoms with Crippen molar-refractivity contribution < 1.29 is 0 Å². The lowest BCUT2D eigenvalue weighted by atomic mass is 10.2. The van der Waals surface area contributed by atoms with Gasteiger partial charge in [0.1, 0.15) is 10.7 Å². The van der Waals surface area contributed by atoms with E-state index in [1.165, 1.54) is 23.4 Å². The molecule has 0 amide bonds. The first-order valence-corrected chi connectivity index (χ1v) is 8.30. The van der Waals surface area contributed by atoms with E-state index in [0.717, 1.165) is 30.1 Å². The van der Waals surface area contributed by atoms with Crippen molar-refractivity contribution >= 4 is 22.9 Å². The molecule has 0 unspecified atom stereocenters. The molecule has 0 atom stereocenters. The van der Waals surface area contributed by atoms with E-state index in [2.05, 4.69) is 17.2 Å². The molecule has 3 rings (SSSR count). The Hall–Kier alpha value is -0.970. The van der Waals surface area contributed by atoms with Crippen LogP contribution in [0.4, 0.5) is 0 Å². The maximum atomic E-state index is 6.22. The van der Waals surface area contributed by atoms with Crippen LogP contribution >= 0.6 is 22.9 Å². The second-order valence-corrected chi connectivity index (χ2v) is 6.62. The monoisotopic (exact) mass is 307 g/mol. The number of hydrogen-bond donors (Lipinski definition) is 1. The number of hydrogen-bond acceptors (Lipinski definition) is 4. The van der Waals surface area contributed by atoms with Gasteiger partial charge in [0.15, 0.2) is 0 Å². The summed E-state index contributed by atoms with van der Waals surface area (Å²) in [6.45, 7) is 3.10. The lowest BCUT2D eigenvalue weighted by Crippen LogP contribution is -2.15. The molecule has 0 spiro atoms. The third kappa shape index (κ3) is 3.19. The van der Waals surface area contributed by atoms with Crippen LogP contribution in [0.15, 0.2) is 18.3 Å². The SMILES string of the molecule is CCCc1nc(-c2ncccc2Cl)sc1CNC1CC1. The molecule has 0 aromatic carbocycles. The smallest absolute Gasteiger partial charge is 0.143 e. The van der Waals surface area contributed by atoms with Gasteiger partial charge in [-0.25, -0.2) is 4.98 Å². The minimum Gasteiger partial charge on any atom is -0.309 e. The molecule has 1 fully saturated rings. The van der Waals surface area contributed by atoms with Crippen LogP contribution in [-0.4, -0.2) is 16.0 Å². The predicted octanol–water partition coefficient (Wildman–Crippen LogP) is 4.06. The molecule has 1 saturated carbocycles. The molecule has 1 aliphatic carbocycles. The molecule has 2 aromatic heterocycles. The molecular formula is C15H18ClN3S. The van der Waals surface area contributed by atoms with Crippen molar-refractivity contribution in [1.29, 1.82) is 0 Å². The van der Waals surface area contributed by atoms with Crippen LogP contribution in [0.1, 0.15) is 36.8 Å². The summed E-state index contributed by atoms with van der Waals surface area (Å²) >= 11 is 7.94. The zero-order chi connectivity index (χ0) is 13.9. The highest BCUT2D eigenvalue weighted by Gasteiger charge is 2.22. The van der Waals surface area contributed by atoms with Crippen LogP contribution in [0.2, 0.25) is 5.02 Å². The van der Waals surface area contributed by atoms with Crippen molar-refractivity contribution in [3.8, 4) is 10.7 Å². The molecule has 3 nitrogen and oxygen atoms in total. The molecule has 1 aliphatic rings. The quantitative estimate of drug-likeness (QED) is 0.874. The minimum absolute atomic E-state index is 0.672. The average Bonchev–Trinajstić information content (AvgIpc) is 3.19. The second kappa shape index (κ2) is 6.20. The summed E-state index contributed by atoms with van der Waals surface area (Å²) in [6, 6.07) is 4.43. The van der Waals surface area contributed by atoms with E-state index in [9.17, 15) is 0 Å². The van der Waals surface area contributed by atoms with Gasteiger partial charge < -0.3 is 5.32 Å². The summed E-state index contributed by atoms with van der Waals surface area (Å²) in [6.07, 6.45) is 6.50. The van der Waals surface area contributed by atoms with Gasteiger partial charge in [-0.15, -0.1) is 11.3 Å². The Morgan fingerprint density at radius 2 is 2.30 bits per heavy atom. The number of pyridine rings is 1. The number of aryl methyl sites for hydroxylation is 1. The molecule has 0 saturated heterocycles. The van der Waals surface area contributed by atoms with Gasteiger partial charge in [0.2, 0.25) is 0 Å². The van der Waals surface area contributed by atoms with Crippen molar-refractivity contribution in [2.45, 2.75) is 45.2 Å². The Labute approximate surface area is 128 Å². The van der Waals surface area contributed by atoms with Gasteiger partial charge in [-0.1, -0.05) is 24.9 Å². The summed E-state index contributed by atoms with van der Waals surface area (Å²) in [5, 5.41) is 5.18. The van der Waals surface area contributed by atoms with Crippen molar-refractivity contribution in [2.24, 2.45) is 0 Å². The van der Waals surface area contributed by atoms with Crippen LogP contribution in [-0.2, 0) is 13.0 Å². The first-order chi connectivity index (χ1) is 9.78. The Morgan fingerprint density at radius 3 is 3.00 bits per heavy atom. The summed E-state index contributed by atoms with van der Waals surface area (Å²) in [4.78, 5) is 10.5. The van der Waals surface area contributed by atoms with Crippen LogP contribution < -0.4 is 5.32 Å². The summed E-state index contributed by atoms with van der Waals surface area (Å²) in [5.41, 5.74) is 2.00. The zero-order valence-corrected chi connectivity index (χ0v) is 13.1. The van der Waals surface area contributed by atoms with Crippen LogP contribution in [0.5, 0.6) is 0 Å². The summed E-state index contributed by atoms with van der Waals surface area (Å²) in [5.74, 6) is 0. The lowest BCUT2D eigenvalue weighted by molar-refractivity contribution is 0.686. The van der Waals surface area contributed by atoms with Crippen LogP contribution in [0.25, 0.3) is 10.7 Å². The fraction of sp³-hybridized carbons (Fsp3) is 0.467. The normalized spacial score (nSPS) is 14.7.